The van der Waals surface area contributed by atoms with Crippen LogP contribution < -0.4 is 14.8 Å². The molecule has 0 spiro atoms. The number of ether oxygens (including phenoxy) is 2. The zero-order chi connectivity index (χ0) is 25.5. The van der Waals surface area contributed by atoms with Crippen molar-refractivity contribution in [1.82, 2.24) is 4.90 Å². The van der Waals surface area contributed by atoms with Crippen LogP contribution in [0.4, 0.5) is 15.8 Å². The van der Waals surface area contributed by atoms with Crippen molar-refractivity contribution in [1.29, 1.82) is 0 Å². The quantitative estimate of drug-likeness (QED) is 0.462. The molecule has 1 aliphatic rings. The minimum Gasteiger partial charge on any atom is -0.493 e. The van der Waals surface area contributed by atoms with Gasteiger partial charge in [0.1, 0.15) is 16.8 Å². The molecule has 0 aromatic heterocycles. The van der Waals surface area contributed by atoms with Crippen molar-refractivity contribution in [2.24, 2.45) is 4.99 Å². The van der Waals surface area contributed by atoms with Crippen molar-refractivity contribution < 1.29 is 23.5 Å². The van der Waals surface area contributed by atoms with Crippen LogP contribution in [0, 0.1) is 5.82 Å². The average molecular weight is 508 g/mol. The molecule has 7 nitrogen and oxygen atoms in total. The summed E-state index contributed by atoms with van der Waals surface area (Å²) in [4.78, 5) is 32.1. The Morgan fingerprint density at radius 1 is 1.06 bits per heavy atom. The Bertz CT molecular complexity index is 1270. The van der Waals surface area contributed by atoms with E-state index in [1.807, 2.05) is 30.3 Å². The molecule has 1 N–H and O–H groups in total. The second kappa shape index (κ2) is 11.7. The van der Waals surface area contributed by atoms with Gasteiger partial charge in [0.25, 0.3) is 0 Å². The van der Waals surface area contributed by atoms with Crippen molar-refractivity contribution in [3.63, 3.8) is 0 Å². The Kier molecular flexibility index (Phi) is 8.22. The lowest BCUT2D eigenvalue weighted by molar-refractivity contribution is -0.129. The van der Waals surface area contributed by atoms with Crippen LogP contribution in [0.2, 0.25) is 0 Å². The van der Waals surface area contributed by atoms with Crippen LogP contribution in [0.5, 0.6) is 11.5 Å². The van der Waals surface area contributed by atoms with Gasteiger partial charge in [0.05, 0.1) is 14.2 Å². The first-order valence-electron chi connectivity index (χ1n) is 11.4. The number of nitrogens with one attached hydrogen (secondary N) is 1. The molecule has 1 fully saturated rings. The number of amides is 2. The second-order valence-electron chi connectivity index (χ2n) is 8.00. The molecule has 36 heavy (non-hydrogen) atoms. The first-order chi connectivity index (χ1) is 17.5. The lowest BCUT2D eigenvalue weighted by Crippen LogP contribution is -2.46. The number of methoxy groups -OCH3 is 2. The molecular formula is C27H26FN3O4S. The van der Waals surface area contributed by atoms with Gasteiger partial charge in [-0.2, -0.15) is 0 Å². The summed E-state index contributed by atoms with van der Waals surface area (Å²) in [5, 5.41) is 2.43. The van der Waals surface area contributed by atoms with Crippen LogP contribution in [0.3, 0.4) is 0 Å². The Hall–Kier alpha value is -3.85. The smallest absolute Gasteiger partial charge is 0.238 e. The van der Waals surface area contributed by atoms with E-state index in [4.69, 9.17) is 9.47 Å². The summed E-state index contributed by atoms with van der Waals surface area (Å²) in [6.45, 7) is 0.307. The number of rotatable bonds is 8. The van der Waals surface area contributed by atoms with Gasteiger partial charge >= 0.3 is 0 Å². The van der Waals surface area contributed by atoms with Gasteiger partial charge in [-0.3, -0.25) is 14.5 Å². The molecule has 2 amide bonds. The van der Waals surface area contributed by atoms with E-state index in [9.17, 15) is 14.0 Å². The molecular weight excluding hydrogens is 481 g/mol. The SMILES string of the molecule is COc1ccc(CCN2C(=O)C[C@@H](C(=O)Nc3ccccc3)SC2=Nc2ccccc2F)cc1OC. The van der Waals surface area contributed by atoms with Gasteiger partial charge in [-0.1, -0.05) is 48.2 Å². The molecule has 4 rings (SSSR count). The number of halogens is 1. The highest BCUT2D eigenvalue weighted by molar-refractivity contribution is 8.15. The molecule has 9 heteroatoms. The van der Waals surface area contributed by atoms with Crippen molar-refractivity contribution >= 4 is 40.1 Å². The minimum atomic E-state index is -0.694. The molecule has 186 valence electrons. The highest BCUT2D eigenvalue weighted by Gasteiger charge is 2.36. The van der Waals surface area contributed by atoms with Gasteiger partial charge in [0, 0.05) is 18.7 Å². The molecule has 0 bridgehead atoms. The predicted octanol–water partition coefficient (Wildman–Crippen LogP) is 5.05. The molecule has 3 aromatic carbocycles. The summed E-state index contributed by atoms with van der Waals surface area (Å²) in [7, 11) is 3.13. The second-order valence-corrected chi connectivity index (χ2v) is 9.17. The number of aliphatic imine (C=N–C) groups is 1. The number of hydrogen-bond acceptors (Lipinski definition) is 6. The fourth-order valence-electron chi connectivity index (χ4n) is 3.73. The molecule has 1 aliphatic heterocycles. The summed E-state index contributed by atoms with van der Waals surface area (Å²) in [5.41, 5.74) is 1.67. The Labute approximate surface area is 213 Å². The monoisotopic (exact) mass is 507 g/mol. The topological polar surface area (TPSA) is 80.2 Å². The average Bonchev–Trinajstić information content (AvgIpc) is 2.89. The van der Waals surface area contributed by atoms with Crippen molar-refractivity contribution in [2.45, 2.75) is 18.1 Å². The van der Waals surface area contributed by atoms with E-state index in [2.05, 4.69) is 10.3 Å². The van der Waals surface area contributed by atoms with Gasteiger partial charge in [-0.25, -0.2) is 9.38 Å². The van der Waals surface area contributed by atoms with Gasteiger partial charge in [-0.05, 0) is 48.4 Å². The lowest BCUT2D eigenvalue weighted by Gasteiger charge is -2.32. The maximum absolute atomic E-state index is 14.4. The van der Waals surface area contributed by atoms with Crippen LogP contribution in [0.25, 0.3) is 0 Å². The van der Waals surface area contributed by atoms with Crippen LogP contribution in [0.1, 0.15) is 12.0 Å². The molecule has 1 heterocycles. The van der Waals surface area contributed by atoms with E-state index in [1.54, 1.807) is 44.6 Å². The number of hydrogen-bond donors (Lipinski definition) is 1. The summed E-state index contributed by atoms with van der Waals surface area (Å²) in [6.07, 6.45) is 0.509. The van der Waals surface area contributed by atoms with E-state index >= 15 is 0 Å². The summed E-state index contributed by atoms with van der Waals surface area (Å²) in [6, 6.07) is 20.7. The van der Waals surface area contributed by atoms with Crippen LogP contribution >= 0.6 is 11.8 Å². The number of thioether (sulfide) groups is 1. The first kappa shape index (κ1) is 25.2. The normalized spacial score (nSPS) is 16.6. The number of amidine groups is 1. The standard InChI is InChI=1S/C27H26FN3O4S/c1-34-22-13-12-18(16-23(22)35-2)14-15-31-25(32)17-24(26(33)29-19-8-4-3-5-9-19)36-27(31)30-21-11-7-6-10-20(21)28/h3-13,16,24H,14-15,17H2,1-2H3,(H,29,33)/t24-/m0/s1. The maximum Gasteiger partial charge on any atom is 0.238 e. The highest BCUT2D eigenvalue weighted by Crippen LogP contribution is 2.32. The fraction of sp³-hybridized carbons (Fsp3) is 0.222. The summed E-state index contributed by atoms with van der Waals surface area (Å²) < 4.78 is 25.1. The Balaban J connectivity index is 1.57. The Morgan fingerprint density at radius 3 is 2.50 bits per heavy atom. The van der Waals surface area contributed by atoms with Gasteiger partial charge < -0.3 is 14.8 Å². The molecule has 3 aromatic rings. The zero-order valence-electron chi connectivity index (χ0n) is 19.9. The third-order valence-electron chi connectivity index (χ3n) is 5.61. The molecule has 0 unspecified atom stereocenters. The van der Waals surface area contributed by atoms with Crippen LogP contribution in [-0.4, -0.2) is 47.9 Å². The van der Waals surface area contributed by atoms with Crippen LogP contribution in [-0.2, 0) is 16.0 Å². The maximum atomic E-state index is 14.4. The van der Waals surface area contributed by atoms with E-state index in [0.717, 1.165) is 17.3 Å². The van der Waals surface area contributed by atoms with Crippen molar-refractivity contribution in [3.05, 3.63) is 84.2 Å². The first-order valence-corrected chi connectivity index (χ1v) is 12.2. The summed E-state index contributed by atoms with van der Waals surface area (Å²) >= 11 is 1.15. The molecule has 0 radical (unpaired) electrons. The van der Waals surface area contributed by atoms with Gasteiger partial charge in [-0.15, -0.1) is 0 Å². The lowest BCUT2D eigenvalue weighted by atomic mass is 10.1. The van der Waals surface area contributed by atoms with Crippen molar-refractivity contribution in [3.8, 4) is 11.5 Å². The highest BCUT2D eigenvalue weighted by atomic mass is 32.2. The van der Waals surface area contributed by atoms with E-state index in [0.29, 0.717) is 30.2 Å². The van der Waals surface area contributed by atoms with Gasteiger partial charge in [0.2, 0.25) is 11.8 Å². The van der Waals surface area contributed by atoms with Crippen molar-refractivity contribution in [2.75, 3.05) is 26.1 Å². The molecule has 0 saturated carbocycles. The summed E-state index contributed by atoms with van der Waals surface area (Å²) in [5.74, 6) is 0.138. The minimum absolute atomic E-state index is 0.00551. The number of carbonyl (C=O) groups excluding carboxylic acids is 2. The predicted molar refractivity (Wildman–Crippen MR) is 140 cm³/mol. The molecule has 1 atom stereocenters. The van der Waals surface area contributed by atoms with E-state index < -0.39 is 11.1 Å². The number of carbonyl (C=O) groups is 2. The van der Waals surface area contributed by atoms with E-state index in [1.165, 1.54) is 17.0 Å². The number of para-hydroxylation sites is 2. The Morgan fingerprint density at radius 2 is 1.78 bits per heavy atom. The third-order valence-corrected chi connectivity index (χ3v) is 6.80. The van der Waals surface area contributed by atoms with Crippen LogP contribution in [0.15, 0.2) is 77.8 Å². The molecule has 1 saturated heterocycles. The van der Waals surface area contributed by atoms with Gasteiger partial charge in [0.15, 0.2) is 16.7 Å². The fourth-order valence-corrected chi connectivity index (χ4v) is 4.85. The number of benzene rings is 3. The number of anilines is 1. The number of nitrogens with zero attached hydrogens (tertiary/aromatic N) is 2. The third kappa shape index (κ3) is 6.04. The van der Waals surface area contributed by atoms with E-state index in [-0.39, 0.29) is 29.1 Å². The largest absolute Gasteiger partial charge is 0.493 e. The molecule has 0 aliphatic carbocycles. The zero-order valence-corrected chi connectivity index (χ0v) is 20.8.